The summed E-state index contributed by atoms with van der Waals surface area (Å²) in [5.74, 6) is -2.95. The van der Waals surface area contributed by atoms with Gasteiger partial charge in [-0.25, -0.2) is 22.4 Å². The predicted octanol–water partition coefficient (Wildman–Crippen LogP) is 3.99. The standard InChI is InChI=1S/C28H32F4N4O5/c29-23-15-21(36-18-22(41-28(36)38)5-6-25(37)27(31)32)16-24(30)26(23)34-7-8-35(40-14-11-34)17-19-1-3-20(4-2-19)33-9-12-39-13-10-33/h1-4,15-16,22,27H,5-14,17-18H2/t22-/m0/s1. The van der Waals surface area contributed by atoms with Crippen LogP contribution in [0.2, 0.25) is 0 Å². The number of ether oxygens (including phenoxy) is 2. The van der Waals surface area contributed by atoms with Crippen LogP contribution in [-0.2, 0) is 25.7 Å². The number of Topliss-reactive ketones (excluding diaryl/α,β-unsaturated/α-hetero) is 1. The highest BCUT2D eigenvalue weighted by atomic mass is 19.3. The molecule has 3 aliphatic heterocycles. The number of alkyl halides is 2. The third-order valence-electron chi connectivity index (χ3n) is 7.39. The van der Waals surface area contributed by atoms with Crippen molar-refractivity contribution in [1.29, 1.82) is 0 Å². The number of morpholine rings is 1. The summed E-state index contributed by atoms with van der Waals surface area (Å²) in [6.45, 7) is 4.74. The van der Waals surface area contributed by atoms with Crippen molar-refractivity contribution in [3.63, 3.8) is 0 Å². The molecular weight excluding hydrogens is 548 g/mol. The highest BCUT2D eigenvalue weighted by molar-refractivity contribution is 5.90. The maximum absolute atomic E-state index is 15.2. The molecule has 3 saturated heterocycles. The second kappa shape index (κ2) is 13.0. The third kappa shape index (κ3) is 7.08. The molecule has 5 rings (SSSR count). The Labute approximate surface area is 235 Å². The number of cyclic esters (lactones) is 1. The lowest BCUT2D eigenvalue weighted by Gasteiger charge is -2.29. The van der Waals surface area contributed by atoms with E-state index in [1.165, 1.54) is 0 Å². The molecule has 0 N–H and O–H groups in total. The van der Waals surface area contributed by atoms with E-state index >= 15 is 8.78 Å². The zero-order valence-electron chi connectivity index (χ0n) is 22.4. The van der Waals surface area contributed by atoms with Crippen molar-refractivity contribution in [2.24, 2.45) is 0 Å². The molecule has 0 radical (unpaired) electrons. The topological polar surface area (TPSA) is 74.8 Å². The predicted molar refractivity (Wildman–Crippen MR) is 142 cm³/mol. The fourth-order valence-corrected chi connectivity index (χ4v) is 5.18. The Morgan fingerprint density at radius 1 is 0.902 bits per heavy atom. The molecule has 1 atom stereocenters. The quantitative estimate of drug-likeness (QED) is 0.413. The number of hydrogen-bond donors (Lipinski definition) is 0. The molecule has 0 unspecified atom stereocenters. The summed E-state index contributed by atoms with van der Waals surface area (Å²) in [5.41, 5.74) is 1.91. The maximum atomic E-state index is 15.2. The van der Waals surface area contributed by atoms with Gasteiger partial charge < -0.3 is 19.3 Å². The highest BCUT2D eigenvalue weighted by Crippen LogP contribution is 2.32. The van der Waals surface area contributed by atoms with Gasteiger partial charge in [0.05, 0.1) is 32.1 Å². The summed E-state index contributed by atoms with van der Waals surface area (Å²) in [5, 5.41) is 1.77. The minimum atomic E-state index is -3.09. The molecule has 9 nitrogen and oxygen atoms in total. The van der Waals surface area contributed by atoms with Gasteiger partial charge in [-0.15, -0.1) is 0 Å². The number of carbonyl (C=O) groups excluding carboxylic acids is 2. The van der Waals surface area contributed by atoms with Crippen molar-refractivity contribution >= 4 is 28.9 Å². The molecule has 3 heterocycles. The van der Waals surface area contributed by atoms with Crippen LogP contribution in [0.1, 0.15) is 18.4 Å². The summed E-state index contributed by atoms with van der Waals surface area (Å²) >= 11 is 0. The van der Waals surface area contributed by atoms with E-state index in [2.05, 4.69) is 17.0 Å². The maximum Gasteiger partial charge on any atom is 0.414 e. The van der Waals surface area contributed by atoms with Gasteiger partial charge in [0.2, 0.25) is 0 Å². The van der Waals surface area contributed by atoms with Crippen LogP contribution < -0.4 is 14.7 Å². The van der Waals surface area contributed by atoms with E-state index in [1.54, 1.807) is 9.96 Å². The monoisotopic (exact) mass is 580 g/mol. The number of hydroxylamine groups is 2. The van der Waals surface area contributed by atoms with Gasteiger partial charge in [-0.3, -0.25) is 14.5 Å². The first-order valence-corrected chi connectivity index (χ1v) is 13.6. The van der Waals surface area contributed by atoms with Gasteiger partial charge in [0, 0.05) is 63.5 Å². The van der Waals surface area contributed by atoms with Crippen LogP contribution >= 0.6 is 0 Å². The van der Waals surface area contributed by atoms with Crippen molar-refractivity contribution in [1.82, 2.24) is 5.06 Å². The zero-order chi connectivity index (χ0) is 28.9. The highest BCUT2D eigenvalue weighted by Gasteiger charge is 2.34. The molecule has 0 spiro atoms. The molecule has 0 aliphatic carbocycles. The van der Waals surface area contributed by atoms with Gasteiger partial charge in [-0.05, 0) is 24.1 Å². The smallest absolute Gasteiger partial charge is 0.414 e. The van der Waals surface area contributed by atoms with Crippen LogP contribution in [0.5, 0.6) is 0 Å². The summed E-state index contributed by atoms with van der Waals surface area (Å²) in [4.78, 5) is 34.2. The van der Waals surface area contributed by atoms with Gasteiger partial charge in [-0.1, -0.05) is 12.1 Å². The molecule has 0 saturated carbocycles. The van der Waals surface area contributed by atoms with Gasteiger partial charge in [0.1, 0.15) is 11.8 Å². The number of hydrogen-bond acceptors (Lipinski definition) is 8. The number of anilines is 3. The molecule has 2 aromatic rings. The van der Waals surface area contributed by atoms with Crippen LogP contribution in [0.25, 0.3) is 0 Å². The Morgan fingerprint density at radius 2 is 1.59 bits per heavy atom. The average molecular weight is 581 g/mol. The fraction of sp³-hybridized carbons (Fsp3) is 0.500. The molecule has 3 aliphatic rings. The van der Waals surface area contributed by atoms with Crippen LogP contribution in [-0.4, -0.2) is 88.6 Å². The van der Waals surface area contributed by atoms with E-state index in [-0.39, 0.29) is 37.5 Å². The van der Waals surface area contributed by atoms with E-state index in [0.29, 0.717) is 32.8 Å². The van der Waals surface area contributed by atoms with Crippen molar-refractivity contribution in [3.05, 3.63) is 53.6 Å². The SMILES string of the molecule is O=C(CC[C@H]1CN(c2cc(F)c(N3CCON(Cc4ccc(N5CCOCC5)cc4)CC3)c(F)c2)C(=O)O1)C(F)F. The molecule has 13 heteroatoms. The number of ketones is 1. The fourth-order valence-electron chi connectivity index (χ4n) is 5.18. The Bertz CT molecular complexity index is 1210. The molecule has 0 bridgehead atoms. The van der Waals surface area contributed by atoms with Crippen molar-refractivity contribution in [2.75, 3.05) is 73.8 Å². The molecule has 0 aromatic heterocycles. The van der Waals surface area contributed by atoms with E-state index in [9.17, 15) is 18.4 Å². The van der Waals surface area contributed by atoms with Crippen LogP contribution in [0.4, 0.5) is 39.4 Å². The summed E-state index contributed by atoms with van der Waals surface area (Å²) in [6.07, 6.45) is -5.35. The lowest BCUT2D eigenvalue weighted by molar-refractivity contribution is -0.154. The number of carbonyl (C=O) groups is 2. The minimum Gasteiger partial charge on any atom is -0.444 e. The Kier molecular flexibility index (Phi) is 9.25. The second-order valence-electron chi connectivity index (χ2n) is 10.1. The molecular formula is C28H32F4N4O5. The summed E-state index contributed by atoms with van der Waals surface area (Å²) in [6, 6.07) is 10.3. The Balaban J connectivity index is 1.18. The van der Waals surface area contributed by atoms with Gasteiger partial charge in [0.15, 0.2) is 17.4 Å². The Hall–Kier alpha value is -3.42. The second-order valence-corrected chi connectivity index (χ2v) is 10.1. The molecule has 2 aromatic carbocycles. The van der Waals surface area contributed by atoms with Crippen molar-refractivity contribution in [3.8, 4) is 0 Å². The van der Waals surface area contributed by atoms with Crippen LogP contribution in [0, 0.1) is 11.6 Å². The number of benzene rings is 2. The largest absolute Gasteiger partial charge is 0.444 e. The first kappa shape index (κ1) is 29.1. The van der Waals surface area contributed by atoms with Crippen molar-refractivity contribution < 1.29 is 41.5 Å². The molecule has 222 valence electrons. The summed E-state index contributed by atoms with van der Waals surface area (Å²) in [7, 11) is 0. The van der Waals surface area contributed by atoms with Crippen molar-refractivity contribution in [2.45, 2.75) is 31.9 Å². The molecule has 1 amide bonds. The van der Waals surface area contributed by atoms with E-state index < -0.39 is 42.5 Å². The number of halogens is 4. The third-order valence-corrected chi connectivity index (χ3v) is 7.39. The minimum absolute atomic E-state index is 0.0512. The first-order valence-electron chi connectivity index (χ1n) is 13.6. The lowest BCUT2D eigenvalue weighted by Crippen LogP contribution is -2.36. The van der Waals surface area contributed by atoms with E-state index in [0.717, 1.165) is 41.4 Å². The molecule has 41 heavy (non-hydrogen) atoms. The lowest BCUT2D eigenvalue weighted by atomic mass is 10.1. The number of rotatable bonds is 9. The van der Waals surface area contributed by atoms with E-state index in [1.807, 2.05) is 12.1 Å². The molecule has 3 fully saturated rings. The Morgan fingerprint density at radius 3 is 2.27 bits per heavy atom. The normalized spacial score (nSPS) is 20.5. The van der Waals surface area contributed by atoms with E-state index in [4.69, 9.17) is 14.3 Å². The van der Waals surface area contributed by atoms with Gasteiger partial charge in [-0.2, -0.15) is 5.06 Å². The van der Waals surface area contributed by atoms with Crippen LogP contribution in [0.15, 0.2) is 36.4 Å². The summed E-state index contributed by atoms with van der Waals surface area (Å²) < 4.78 is 65.9. The van der Waals surface area contributed by atoms with Crippen LogP contribution in [0.3, 0.4) is 0 Å². The number of amides is 1. The average Bonchev–Trinajstić information content (AvgIpc) is 3.19. The van der Waals surface area contributed by atoms with Gasteiger partial charge >= 0.3 is 6.09 Å². The first-order chi connectivity index (χ1) is 19.8. The zero-order valence-corrected chi connectivity index (χ0v) is 22.4. The number of nitrogens with zero attached hydrogens (tertiary/aromatic N) is 4. The van der Waals surface area contributed by atoms with Gasteiger partial charge in [0.25, 0.3) is 6.43 Å².